The molecule has 0 aliphatic carbocycles. The number of aliphatic imine (C=N–C) groups is 1. The molecule has 0 aliphatic rings. The highest BCUT2D eigenvalue weighted by Crippen LogP contribution is 2.20. The standard InChI is InChI=1S/C17H14ClIN2O2/c1-20-17(23)15(10-21-14-7-5-13(19)6-8-14)16(22)11-3-2-4-12(18)9-11/h2-10,22H,1H3,(H,20,23). The Morgan fingerprint density at radius 3 is 2.57 bits per heavy atom. The van der Waals surface area contributed by atoms with Crippen LogP contribution in [0.1, 0.15) is 5.56 Å². The summed E-state index contributed by atoms with van der Waals surface area (Å²) < 4.78 is 1.09. The van der Waals surface area contributed by atoms with Crippen molar-refractivity contribution in [3.8, 4) is 0 Å². The van der Waals surface area contributed by atoms with Crippen molar-refractivity contribution in [3.05, 3.63) is 68.3 Å². The van der Waals surface area contributed by atoms with Crippen molar-refractivity contribution >= 4 is 57.8 Å². The summed E-state index contributed by atoms with van der Waals surface area (Å²) in [6.07, 6.45) is 1.34. The number of benzene rings is 2. The molecular weight excluding hydrogens is 427 g/mol. The highest BCUT2D eigenvalue weighted by atomic mass is 127. The molecule has 0 spiro atoms. The van der Waals surface area contributed by atoms with Gasteiger partial charge in [0.2, 0.25) is 0 Å². The van der Waals surface area contributed by atoms with Gasteiger partial charge in [-0.25, -0.2) is 0 Å². The molecule has 2 rings (SSSR count). The van der Waals surface area contributed by atoms with Crippen LogP contribution in [0.3, 0.4) is 0 Å². The maximum atomic E-state index is 12.0. The smallest absolute Gasteiger partial charge is 0.256 e. The van der Waals surface area contributed by atoms with Gasteiger partial charge in [-0.15, -0.1) is 0 Å². The quantitative estimate of drug-likeness (QED) is 0.321. The summed E-state index contributed by atoms with van der Waals surface area (Å²) in [5.74, 6) is -0.613. The Balaban J connectivity index is 2.42. The molecule has 0 fully saturated rings. The predicted molar refractivity (Wildman–Crippen MR) is 102 cm³/mol. The zero-order valence-corrected chi connectivity index (χ0v) is 15.2. The van der Waals surface area contributed by atoms with Crippen LogP contribution in [0.25, 0.3) is 5.76 Å². The van der Waals surface area contributed by atoms with E-state index >= 15 is 0 Å². The molecule has 4 nitrogen and oxygen atoms in total. The molecule has 2 aromatic carbocycles. The van der Waals surface area contributed by atoms with Crippen LogP contribution in [0.4, 0.5) is 5.69 Å². The topological polar surface area (TPSA) is 61.7 Å². The van der Waals surface area contributed by atoms with Gasteiger partial charge in [-0.3, -0.25) is 9.79 Å². The van der Waals surface area contributed by atoms with Gasteiger partial charge < -0.3 is 10.4 Å². The molecule has 0 saturated heterocycles. The maximum Gasteiger partial charge on any atom is 0.256 e. The zero-order chi connectivity index (χ0) is 16.8. The van der Waals surface area contributed by atoms with Crippen molar-refractivity contribution < 1.29 is 9.90 Å². The highest BCUT2D eigenvalue weighted by Gasteiger charge is 2.14. The Labute approximate surface area is 153 Å². The zero-order valence-electron chi connectivity index (χ0n) is 12.3. The number of rotatable bonds is 4. The average molecular weight is 441 g/mol. The van der Waals surface area contributed by atoms with Crippen LogP contribution < -0.4 is 5.32 Å². The Morgan fingerprint density at radius 2 is 1.96 bits per heavy atom. The predicted octanol–water partition coefficient (Wildman–Crippen LogP) is 4.36. The summed E-state index contributed by atoms with van der Waals surface area (Å²) in [6.45, 7) is 0. The molecular formula is C17H14ClIN2O2. The van der Waals surface area contributed by atoms with E-state index in [9.17, 15) is 9.90 Å². The molecule has 0 atom stereocenters. The molecule has 2 N–H and O–H groups in total. The Kier molecular flexibility index (Phi) is 6.18. The fourth-order valence-corrected chi connectivity index (χ4v) is 2.37. The second-order valence-electron chi connectivity index (χ2n) is 4.59. The molecule has 2 aromatic rings. The minimum atomic E-state index is -0.434. The minimum absolute atomic E-state index is 0.0633. The molecule has 0 heterocycles. The van der Waals surface area contributed by atoms with E-state index in [1.165, 1.54) is 13.3 Å². The van der Waals surface area contributed by atoms with E-state index in [2.05, 4.69) is 32.9 Å². The Hall–Kier alpha value is -1.86. The number of carbonyl (C=O) groups is 1. The van der Waals surface area contributed by atoms with E-state index < -0.39 is 5.91 Å². The van der Waals surface area contributed by atoms with E-state index in [4.69, 9.17) is 11.6 Å². The lowest BCUT2D eigenvalue weighted by atomic mass is 10.1. The summed E-state index contributed by atoms with van der Waals surface area (Å²) in [6, 6.07) is 14.1. The number of hydrogen-bond donors (Lipinski definition) is 2. The first-order valence-corrected chi connectivity index (χ1v) is 8.18. The van der Waals surface area contributed by atoms with E-state index in [0.29, 0.717) is 16.3 Å². The van der Waals surface area contributed by atoms with Crippen molar-refractivity contribution in [2.24, 2.45) is 4.99 Å². The fourth-order valence-electron chi connectivity index (χ4n) is 1.82. The molecule has 0 radical (unpaired) electrons. The molecule has 6 heteroatoms. The molecule has 23 heavy (non-hydrogen) atoms. The van der Waals surface area contributed by atoms with Gasteiger partial charge in [0.15, 0.2) is 0 Å². The van der Waals surface area contributed by atoms with Gasteiger partial charge in [0, 0.05) is 27.4 Å². The lowest BCUT2D eigenvalue weighted by molar-refractivity contribution is -0.116. The van der Waals surface area contributed by atoms with Gasteiger partial charge in [0.05, 0.1) is 11.3 Å². The molecule has 0 aliphatic heterocycles. The molecule has 0 bridgehead atoms. The van der Waals surface area contributed by atoms with Crippen LogP contribution in [0.2, 0.25) is 5.02 Å². The summed E-state index contributed by atoms with van der Waals surface area (Å²) in [4.78, 5) is 16.3. The minimum Gasteiger partial charge on any atom is -0.506 e. The third kappa shape index (κ3) is 4.80. The molecule has 0 unspecified atom stereocenters. The lowest BCUT2D eigenvalue weighted by Crippen LogP contribution is -2.22. The van der Waals surface area contributed by atoms with Crippen molar-refractivity contribution in [2.45, 2.75) is 0 Å². The average Bonchev–Trinajstić information content (AvgIpc) is 2.56. The molecule has 0 aromatic heterocycles. The number of carbonyl (C=O) groups excluding carboxylic acids is 1. The maximum absolute atomic E-state index is 12.0. The fraction of sp³-hybridized carbons (Fsp3) is 0.0588. The largest absolute Gasteiger partial charge is 0.506 e. The molecule has 118 valence electrons. The van der Waals surface area contributed by atoms with Crippen LogP contribution in [0, 0.1) is 3.57 Å². The van der Waals surface area contributed by atoms with Gasteiger partial charge in [-0.2, -0.15) is 0 Å². The van der Waals surface area contributed by atoms with E-state index in [1.807, 2.05) is 24.3 Å². The van der Waals surface area contributed by atoms with Crippen molar-refractivity contribution in [3.63, 3.8) is 0 Å². The summed E-state index contributed by atoms with van der Waals surface area (Å²) in [5, 5.41) is 13.4. The van der Waals surface area contributed by atoms with Crippen LogP contribution in [0.15, 0.2) is 59.1 Å². The first-order valence-electron chi connectivity index (χ1n) is 6.72. The second kappa shape index (κ2) is 8.12. The van der Waals surface area contributed by atoms with Crippen LogP contribution in [0.5, 0.6) is 0 Å². The lowest BCUT2D eigenvalue weighted by Gasteiger charge is -2.06. The van der Waals surface area contributed by atoms with Gasteiger partial charge in [0.25, 0.3) is 5.91 Å². The van der Waals surface area contributed by atoms with Gasteiger partial charge in [-0.1, -0.05) is 23.7 Å². The van der Waals surface area contributed by atoms with Gasteiger partial charge in [-0.05, 0) is 59.0 Å². The SMILES string of the molecule is CNC(=O)C(C=Nc1ccc(I)cc1)=C(O)c1cccc(Cl)c1. The van der Waals surface area contributed by atoms with E-state index in [0.717, 1.165) is 3.57 Å². The third-order valence-corrected chi connectivity index (χ3v) is 3.95. The molecule has 0 saturated carbocycles. The van der Waals surface area contributed by atoms with Crippen molar-refractivity contribution in [2.75, 3.05) is 7.05 Å². The van der Waals surface area contributed by atoms with Crippen LogP contribution >= 0.6 is 34.2 Å². The number of hydrogen-bond acceptors (Lipinski definition) is 3. The number of nitrogens with zero attached hydrogens (tertiary/aromatic N) is 1. The van der Waals surface area contributed by atoms with Crippen LogP contribution in [-0.2, 0) is 4.79 Å². The normalized spacial score (nSPS) is 12.1. The number of likely N-dealkylation sites (N-methyl/N-ethyl adjacent to an activating group) is 1. The second-order valence-corrected chi connectivity index (χ2v) is 6.27. The monoisotopic (exact) mass is 440 g/mol. The number of amides is 1. The van der Waals surface area contributed by atoms with Crippen LogP contribution in [-0.4, -0.2) is 24.3 Å². The summed E-state index contributed by atoms with van der Waals surface area (Å²) >= 11 is 8.12. The summed E-state index contributed by atoms with van der Waals surface area (Å²) in [5.41, 5.74) is 1.20. The Bertz CT molecular complexity index is 770. The van der Waals surface area contributed by atoms with Crippen molar-refractivity contribution in [1.82, 2.24) is 5.32 Å². The molecule has 1 amide bonds. The van der Waals surface area contributed by atoms with Gasteiger partial charge >= 0.3 is 0 Å². The third-order valence-electron chi connectivity index (χ3n) is 2.99. The number of aliphatic hydroxyl groups is 1. The number of nitrogens with one attached hydrogen (secondary N) is 1. The first kappa shape index (κ1) is 17.5. The summed E-state index contributed by atoms with van der Waals surface area (Å²) in [7, 11) is 1.49. The highest BCUT2D eigenvalue weighted by molar-refractivity contribution is 14.1. The Morgan fingerprint density at radius 1 is 1.26 bits per heavy atom. The van der Waals surface area contributed by atoms with Crippen molar-refractivity contribution in [1.29, 1.82) is 0 Å². The number of halogens is 2. The van der Waals surface area contributed by atoms with Gasteiger partial charge in [0.1, 0.15) is 5.76 Å². The first-order chi connectivity index (χ1) is 11.0. The number of aliphatic hydroxyl groups excluding tert-OH is 1. The van der Waals surface area contributed by atoms with E-state index in [1.54, 1.807) is 24.3 Å². The van der Waals surface area contributed by atoms with E-state index in [-0.39, 0.29) is 11.3 Å².